The third-order valence-corrected chi connectivity index (χ3v) is 4.88. The summed E-state index contributed by atoms with van der Waals surface area (Å²) in [5.41, 5.74) is 4.94. The summed E-state index contributed by atoms with van der Waals surface area (Å²) in [7, 11) is 3.80. The third kappa shape index (κ3) is 7.33. The van der Waals surface area contributed by atoms with E-state index >= 15 is 0 Å². The fraction of sp³-hybridized carbons (Fsp3) is 0.500. The molecule has 1 unspecified atom stereocenters. The van der Waals surface area contributed by atoms with Crippen LogP contribution in [0.15, 0.2) is 29.3 Å². The average molecular weight is 504 g/mol. The van der Waals surface area contributed by atoms with Crippen LogP contribution >= 0.6 is 35.6 Å². The van der Waals surface area contributed by atoms with E-state index in [0.29, 0.717) is 0 Å². The highest BCUT2D eigenvalue weighted by Gasteiger charge is 2.13. The van der Waals surface area contributed by atoms with Crippen LogP contribution in [0, 0.1) is 13.8 Å². The van der Waals surface area contributed by atoms with Crippen LogP contribution in [0.4, 0.5) is 0 Å². The number of hydrogen-bond donors (Lipinski definition) is 2. The molecule has 0 aliphatic heterocycles. The van der Waals surface area contributed by atoms with E-state index in [4.69, 9.17) is 11.6 Å². The van der Waals surface area contributed by atoms with Gasteiger partial charge in [-0.25, -0.2) is 0 Å². The van der Waals surface area contributed by atoms with Crippen molar-refractivity contribution in [2.24, 2.45) is 12.0 Å². The largest absolute Gasteiger partial charge is 0.356 e. The maximum absolute atomic E-state index is 5.92. The minimum Gasteiger partial charge on any atom is -0.356 e. The fourth-order valence-corrected chi connectivity index (χ4v) is 3.17. The second-order valence-electron chi connectivity index (χ2n) is 6.75. The van der Waals surface area contributed by atoms with Crippen LogP contribution in [0.5, 0.6) is 0 Å². The molecule has 150 valence electrons. The van der Waals surface area contributed by atoms with Crippen LogP contribution in [0.2, 0.25) is 5.02 Å². The van der Waals surface area contributed by atoms with Gasteiger partial charge >= 0.3 is 0 Å². The van der Waals surface area contributed by atoms with E-state index in [0.717, 1.165) is 42.5 Å². The number of aromatic nitrogens is 2. The van der Waals surface area contributed by atoms with Gasteiger partial charge in [0, 0.05) is 37.4 Å². The summed E-state index contributed by atoms with van der Waals surface area (Å²) < 4.78 is 1.95. The lowest BCUT2D eigenvalue weighted by Crippen LogP contribution is -2.43. The Labute approximate surface area is 185 Å². The van der Waals surface area contributed by atoms with Crippen molar-refractivity contribution in [2.45, 2.75) is 46.1 Å². The van der Waals surface area contributed by atoms with E-state index in [1.807, 2.05) is 30.9 Å². The van der Waals surface area contributed by atoms with E-state index in [-0.39, 0.29) is 30.0 Å². The fourth-order valence-electron chi connectivity index (χ4n) is 3.05. The number of aryl methyl sites for hydroxylation is 3. The average Bonchev–Trinajstić information content (AvgIpc) is 2.85. The molecule has 0 amide bonds. The van der Waals surface area contributed by atoms with Crippen LogP contribution in [-0.2, 0) is 19.9 Å². The lowest BCUT2D eigenvalue weighted by molar-refractivity contribution is 0.631. The first-order chi connectivity index (χ1) is 12.4. The lowest BCUT2D eigenvalue weighted by Gasteiger charge is -2.18. The van der Waals surface area contributed by atoms with Crippen molar-refractivity contribution in [3.8, 4) is 0 Å². The molecule has 0 aliphatic carbocycles. The van der Waals surface area contributed by atoms with Crippen molar-refractivity contribution in [2.75, 3.05) is 13.6 Å². The van der Waals surface area contributed by atoms with Crippen molar-refractivity contribution < 1.29 is 0 Å². The molecule has 27 heavy (non-hydrogen) atoms. The zero-order valence-electron chi connectivity index (χ0n) is 16.8. The van der Waals surface area contributed by atoms with Crippen molar-refractivity contribution in [3.63, 3.8) is 0 Å². The van der Waals surface area contributed by atoms with Gasteiger partial charge in [-0.15, -0.1) is 24.0 Å². The van der Waals surface area contributed by atoms with Gasteiger partial charge in [-0.3, -0.25) is 9.67 Å². The summed E-state index contributed by atoms with van der Waals surface area (Å²) >= 11 is 5.92. The van der Waals surface area contributed by atoms with Crippen LogP contribution < -0.4 is 10.6 Å². The number of nitrogens with zero attached hydrogens (tertiary/aromatic N) is 3. The molecule has 2 rings (SSSR count). The normalized spacial score (nSPS) is 12.4. The molecule has 0 saturated carbocycles. The Kier molecular flexibility index (Phi) is 10.2. The number of aliphatic imine (C=N–C) groups is 1. The standard InChI is InChI=1S/C20H30ClN5.HI/c1-14(13-19-15(2)25-26(5)16(19)3)24-20(22-4)23-12-6-7-17-8-10-18(21)11-9-17;/h8-11,14H,6-7,12-13H2,1-5H3,(H2,22,23,24);1H. The van der Waals surface area contributed by atoms with Gasteiger partial charge in [0.25, 0.3) is 0 Å². The molecule has 0 spiro atoms. The Bertz CT molecular complexity index is 740. The van der Waals surface area contributed by atoms with Crippen LogP contribution in [0.3, 0.4) is 0 Å². The zero-order valence-corrected chi connectivity index (χ0v) is 19.9. The Balaban J connectivity index is 0.00000364. The van der Waals surface area contributed by atoms with Gasteiger partial charge < -0.3 is 10.6 Å². The van der Waals surface area contributed by atoms with Crippen molar-refractivity contribution in [3.05, 3.63) is 51.8 Å². The molecule has 0 fully saturated rings. The van der Waals surface area contributed by atoms with E-state index in [1.54, 1.807) is 0 Å². The number of halogens is 2. The smallest absolute Gasteiger partial charge is 0.191 e. The predicted molar refractivity (Wildman–Crippen MR) is 126 cm³/mol. The number of guanidine groups is 1. The summed E-state index contributed by atoms with van der Waals surface area (Å²) in [5.74, 6) is 0.841. The number of rotatable bonds is 7. The lowest BCUT2D eigenvalue weighted by atomic mass is 10.1. The maximum Gasteiger partial charge on any atom is 0.191 e. The second-order valence-corrected chi connectivity index (χ2v) is 7.19. The molecule has 7 heteroatoms. The van der Waals surface area contributed by atoms with Gasteiger partial charge in [-0.1, -0.05) is 23.7 Å². The molecular formula is C20H31ClIN5. The molecular weight excluding hydrogens is 473 g/mol. The minimum atomic E-state index is 0. The van der Waals surface area contributed by atoms with Gasteiger partial charge in [-0.2, -0.15) is 5.10 Å². The van der Waals surface area contributed by atoms with Gasteiger partial charge in [0.1, 0.15) is 0 Å². The maximum atomic E-state index is 5.92. The quantitative estimate of drug-likeness (QED) is 0.260. The second kappa shape index (κ2) is 11.5. The Hall–Kier alpha value is -1.28. The SMILES string of the molecule is CN=C(NCCCc1ccc(Cl)cc1)NC(C)Cc1c(C)nn(C)c1C.I. The third-order valence-electron chi connectivity index (χ3n) is 4.62. The molecule has 0 saturated heterocycles. The highest BCUT2D eigenvalue weighted by molar-refractivity contribution is 14.0. The molecule has 2 N–H and O–H groups in total. The predicted octanol–water partition coefficient (Wildman–Crippen LogP) is 4.04. The Morgan fingerprint density at radius 2 is 1.93 bits per heavy atom. The number of benzene rings is 1. The van der Waals surface area contributed by atoms with E-state index in [9.17, 15) is 0 Å². The minimum absolute atomic E-state index is 0. The number of nitrogens with one attached hydrogen (secondary N) is 2. The Morgan fingerprint density at radius 3 is 2.48 bits per heavy atom. The summed E-state index contributed by atoms with van der Waals surface area (Å²) in [5, 5.41) is 12.1. The van der Waals surface area contributed by atoms with Gasteiger partial charge in [0.05, 0.1) is 5.69 Å². The zero-order chi connectivity index (χ0) is 19.1. The first-order valence-electron chi connectivity index (χ1n) is 9.11. The highest BCUT2D eigenvalue weighted by atomic mass is 127. The number of hydrogen-bond acceptors (Lipinski definition) is 2. The van der Waals surface area contributed by atoms with Crippen LogP contribution in [-0.4, -0.2) is 35.4 Å². The molecule has 1 atom stereocenters. The summed E-state index contributed by atoms with van der Waals surface area (Å²) in [6.45, 7) is 7.23. The topological polar surface area (TPSA) is 54.2 Å². The van der Waals surface area contributed by atoms with Crippen LogP contribution in [0.1, 0.15) is 35.9 Å². The molecule has 5 nitrogen and oxygen atoms in total. The Morgan fingerprint density at radius 1 is 1.26 bits per heavy atom. The molecule has 0 bridgehead atoms. The van der Waals surface area contributed by atoms with Gasteiger partial charge in [0.2, 0.25) is 0 Å². The first-order valence-corrected chi connectivity index (χ1v) is 9.49. The van der Waals surface area contributed by atoms with Gasteiger partial charge in [-0.05, 0) is 63.3 Å². The van der Waals surface area contributed by atoms with Crippen molar-refractivity contribution in [1.29, 1.82) is 0 Å². The molecule has 1 aromatic heterocycles. The summed E-state index contributed by atoms with van der Waals surface area (Å²) in [6, 6.07) is 8.31. The van der Waals surface area contributed by atoms with Crippen molar-refractivity contribution >= 4 is 41.5 Å². The van der Waals surface area contributed by atoms with E-state index in [1.165, 1.54) is 16.8 Å². The molecule has 1 aromatic carbocycles. The summed E-state index contributed by atoms with van der Waals surface area (Å²) in [4.78, 5) is 4.33. The van der Waals surface area contributed by atoms with Crippen LogP contribution in [0.25, 0.3) is 0 Å². The summed E-state index contributed by atoms with van der Waals surface area (Å²) in [6.07, 6.45) is 2.99. The molecule has 1 heterocycles. The molecule has 0 radical (unpaired) electrons. The van der Waals surface area contributed by atoms with E-state index < -0.39 is 0 Å². The highest BCUT2D eigenvalue weighted by Crippen LogP contribution is 2.14. The molecule has 0 aliphatic rings. The first kappa shape index (κ1) is 23.8. The monoisotopic (exact) mass is 503 g/mol. The van der Waals surface area contributed by atoms with E-state index in [2.05, 4.69) is 53.6 Å². The molecule has 2 aromatic rings. The van der Waals surface area contributed by atoms with Crippen molar-refractivity contribution in [1.82, 2.24) is 20.4 Å². The van der Waals surface area contributed by atoms with Gasteiger partial charge in [0.15, 0.2) is 5.96 Å².